The van der Waals surface area contributed by atoms with Crippen molar-refractivity contribution in [2.75, 3.05) is 40.9 Å². The number of carbonyl (C=O) groups excluding carboxylic acids is 2. The molecule has 0 radical (unpaired) electrons. The average Bonchev–Trinajstić information content (AvgIpc) is 3.06. The maximum atomic E-state index is 13.0. The summed E-state index contributed by atoms with van der Waals surface area (Å²) in [6.45, 7) is 3.39. The van der Waals surface area contributed by atoms with Gasteiger partial charge in [-0.2, -0.15) is 0 Å². The van der Waals surface area contributed by atoms with Gasteiger partial charge in [-0.1, -0.05) is 13.0 Å². The average molecular weight is 440 g/mol. The van der Waals surface area contributed by atoms with Gasteiger partial charge in [0.15, 0.2) is 11.5 Å². The summed E-state index contributed by atoms with van der Waals surface area (Å²) in [5.74, 6) is -0.500. The van der Waals surface area contributed by atoms with Gasteiger partial charge in [-0.05, 0) is 50.3 Å². The van der Waals surface area contributed by atoms with Gasteiger partial charge in [0.2, 0.25) is 0 Å². The summed E-state index contributed by atoms with van der Waals surface area (Å²) in [6.07, 6.45) is 3.86. The second-order valence-corrected chi connectivity index (χ2v) is 7.79. The van der Waals surface area contributed by atoms with E-state index in [0.29, 0.717) is 42.3 Å². The van der Waals surface area contributed by atoms with Crippen LogP contribution in [0.4, 0.5) is 0 Å². The van der Waals surface area contributed by atoms with Gasteiger partial charge < -0.3 is 24.4 Å². The van der Waals surface area contributed by atoms with Crippen LogP contribution in [0.15, 0.2) is 48.3 Å². The number of Topliss-reactive ketones (excluding diaryl/α,β-unsaturated/α-hetero) is 1. The number of pyridine rings is 1. The van der Waals surface area contributed by atoms with Crippen LogP contribution in [-0.2, 0) is 9.59 Å². The molecule has 1 atom stereocenters. The highest BCUT2D eigenvalue weighted by Crippen LogP contribution is 2.41. The summed E-state index contributed by atoms with van der Waals surface area (Å²) in [6, 6.07) is 7.76. The molecular weight excluding hydrogens is 410 g/mol. The molecule has 1 saturated heterocycles. The Bertz CT molecular complexity index is 1000. The molecule has 1 fully saturated rings. The first-order valence-electron chi connectivity index (χ1n) is 10.5. The first-order chi connectivity index (χ1) is 15.4. The summed E-state index contributed by atoms with van der Waals surface area (Å²) >= 11 is 0. The number of benzene rings is 1. The van der Waals surface area contributed by atoms with E-state index >= 15 is 0 Å². The number of aliphatic hydroxyl groups is 1. The maximum absolute atomic E-state index is 13.0. The Morgan fingerprint density at radius 1 is 1.16 bits per heavy atom. The third kappa shape index (κ3) is 4.75. The molecule has 8 heteroatoms. The second kappa shape index (κ2) is 10.3. The fraction of sp³-hybridized carbons (Fsp3) is 0.375. The van der Waals surface area contributed by atoms with Gasteiger partial charge in [-0.25, -0.2) is 0 Å². The Balaban J connectivity index is 2.15. The van der Waals surface area contributed by atoms with E-state index < -0.39 is 17.7 Å². The van der Waals surface area contributed by atoms with Crippen molar-refractivity contribution >= 4 is 17.4 Å². The summed E-state index contributed by atoms with van der Waals surface area (Å²) in [5.41, 5.74) is 1.13. The van der Waals surface area contributed by atoms with Crippen molar-refractivity contribution in [2.45, 2.75) is 19.4 Å². The van der Waals surface area contributed by atoms with Gasteiger partial charge >= 0.3 is 0 Å². The van der Waals surface area contributed by atoms with Crippen molar-refractivity contribution in [2.24, 2.45) is 0 Å². The lowest BCUT2D eigenvalue weighted by molar-refractivity contribution is -0.140. The van der Waals surface area contributed by atoms with E-state index in [4.69, 9.17) is 9.47 Å². The lowest BCUT2D eigenvalue weighted by atomic mass is 9.95. The van der Waals surface area contributed by atoms with Crippen molar-refractivity contribution in [3.8, 4) is 11.5 Å². The third-order valence-electron chi connectivity index (χ3n) is 5.25. The van der Waals surface area contributed by atoms with Crippen LogP contribution in [-0.4, -0.2) is 72.5 Å². The van der Waals surface area contributed by atoms with Crippen LogP contribution in [0.2, 0.25) is 0 Å². The first kappa shape index (κ1) is 23.3. The van der Waals surface area contributed by atoms with E-state index in [1.54, 1.807) is 37.4 Å². The van der Waals surface area contributed by atoms with Crippen LogP contribution in [0, 0.1) is 0 Å². The van der Waals surface area contributed by atoms with E-state index in [1.165, 1.54) is 17.3 Å². The lowest BCUT2D eigenvalue weighted by Crippen LogP contribution is -2.35. The molecular formula is C24H29N3O5. The summed E-state index contributed by atoms with van der Waals surface area (Å²) in [5, 5.41) is 11.0. The minimum absolute atomic E-state index is 0.0477. The third-order valence-corrected chi connectivity index (χ3v) is 5.25. The molecule has 1 aromatic carbocycles. The van der Waals surface area contributed by atoms with Crippen LogP contribution in [0.25, 0.3) is 5.76 Å². The van der Waals surface area contributed by atoms with Gasteiger partial charge in [-0.3, -0.25) is 14.6 Å². The fourth-order valence-corrected chi connectivity index (χ4v) is 3.62. The van der Waals surface area contributed by atoms with Crippen LogP contribution in [0.5, 0.6) is 11.5 Å². The van der Waals surface area contributed by atoms with Gasteiger partial charge in [-0.15, -0.1) is 0 Å². The van der Waals surface area contributed by atoms with E-state index in [-0.39, 0.29) is 11.3 Å². The Kier molecular flexibility index (Phi) is 7.48. The molecule has 8 nitrogen and oxygen atoms in total. The Labute approximate surface area is 188 Å². The fourth-order valence-electron chi connectivity index (χ4n) is 3.62. The highest BCUT2D eigenvalue weighted by Gasteiger charge is 2.46. The number of ether oxygens (including phenoxy) is 2. The number of aromatic nitrogens is 1. The SMILES string of the molecule is CCCOc1cc(C2/C(=C(/O)c3ccncc3)C(=O)C(=O)N2CCN(C)C)ccc1OC. The van der Waals surface area contributed by atoms with Crippen molar-refractivity contribution in [1.82, 2.24) is 14.8 Å². The zero-order valence-corrected chi connectivity index (χ0v) is 18.9. The molecule has 3 rings (SSSR count). The molecule has 170 valence electrons. The lowest BCUT2D eigenvalue weighted by Gasteiger charge is -2.27. The molecule has 1 unspecified atom stereocenters. The zero-order valence-electron chi connectivity index (χ0n) is 18.9. The zero-order chi connectivity index (χ0) is 23.3. The van der Waals surface area contributed by atoms with Crippen LogP contribution < -0.4 is 9.47 Å². The van der Waals surface area contributed by atoms with Gasteiger partial charge in [0.1, 0.15) is 5.76 Å². The van der Waals surface area contributed by atoms with Gasteiger partial charge in [0.25, 0.3) is 11.7 Å². The predicted molar refractivity (Wildman–Crippen MR) is 121 cm³/mol. The normalized spacial score (nSPS) is 17.8. The number of nitrogens with zero attached hydrogens (tertiary/aromatic N) is 3. The highest BCUT2D eigenvalue weighted by molar-refractivity contribution is 6.46. The molecule has 1 aliphatic rings. The minimum Gasteiger partial charge on any atom is -0.507 e. The maximum Gasteiger partial charge on any atom is 0.295 e. The highest BCUT2D eigenvalue weighted by atomic mass is 16.5. The van der Waals surface area contributed by atoms with Crippen molar-refractivity contribution in [1.29, 1.82) is 0 Å². The number of amides is 1. The van der Waals surface area contributed by atoms with Gasteiger partial charge in [0.05, 0.1) is 25.3 Å². The molecule has 1 N–H and O–H groups in total. The molecule has 1 aliphatic heterocycles. The van der Waals surface area contributed by atoms with Crippen molar-refractivity contribution < 1.29 is 24.2 Å². The Hall–Kier alpha value is -3.39. The van der Waals surface area contributed by atoms with E-state index in [9.17, 15) is 14.7 Å². The van der Waals surface area contributed by atoms with E-state index in [1.807, 2.05) is 25.9 Å². The smallest absolute Gasteiger partial charge is 0.295 e. The van der Waals surface area contributed by atoms with Gasteiger partial charge in [0, 0.05) is 31.0 Å². The number of hydrogen-bond acceptors (Lipinski definition) is 7. The van der Waals surface area contributed by atoms with Crippen molar-refractivity contribution in [3.05, 3.63) is 59.4 Å². The molecule has 0 saturated carbocycles. The molecule has 0 aliphatic carbocycles. The van der Waals surface area contributed by atoms with Crippen LogP contribution in [0.1, 0.15) is 30.5 Å². The first-order valence-corrected chi connectivity index (χ1v) is 10.5. The number of ketones is 1. The Morgan fingerprint density at radius 2 is 1.88 bits per heavy atom. The number of likely N-dealkylation sites (tertiary alicyclic amines) is 1. The van der Waals surface area contributed by atoms with E-state index in [2.05, 4.69) is 4.98 Å². The van der Waals surface area contributed by atoms with E-state index in [0.717, 1.165) is 6.42 Å². The predicted octanol–water partition coefficient (Wildman–Crippen LogP) is 2.86. The number of likely N-dealkylation sites (N-methyl/N-ethyl adjacent to an activating group) is 1. The second-order valence-electron chi connectivity index (χ2n) is 7.79. The summed E-state index contributed by atoms with van der Waals surface area (Å²) < 4.78 is 11.2. The minimum atomic E-state index is -0.752. The number of carbonyl (C=O) groups is 2. The number of methoxy groups -OCH3 is 1. The standard InChI is InChI=1S/C24H29N3O5/c1-5-14-32-19-15-17(6-7-18(19)31-4)21-20(22(28)16-8-10-25-11-9-16)23(29)24(30)27(21)13-12-26(2)3/h6-11,15,21,28H,5,12-14H2,1-4H3/b22-20-. The molecule has 2 aromatic rings. The monoisotopic (exact) mass is 439 g/mol. The number of hydrogen-bond donors (Lipinski definition) is 1. The molecule has 1 amide bonds. The largest absolute Gasteiger partial charge is 0.507 e. The summed E-state index contributed by atoms with van der Waals surface area (Å²) in [7, 11) is 5.35. The quantitative estimate of drug-likeness (QED) is 0.365. The van der Waals surface area contributed by atoms with Crippen LogP contribution >= 0.6 is 0 Å². The number of aliphatic hydroxyl groups excluding tert-OH is 1. The molecule has 0 spiro atoms. The molecule has 2 heterocycles. The summed E-state index contributed by atoms with van der Waals surface area (Å²) in [4.78, 5) is 33.4. The number of rotatable bonds is 9. The Morgan fingerprint density at radius 3 is 2.50 bits per heavy atom. The molecule has 0 bridgehead atoms. The molecule has 32 heavy (non-hydrogen) atoms. The molecule has 1 aromatic heterocycles. The van der Waals surface area contributed by atoms with Crippen LogP contribution in [0.3, 0.4) is 0 Å². The van der Waals surface area contributed by atoms with Crippen molar-refractivity contribution in [3.63, 3.8) is 0 Å². The topological polar surface area (TPSA) is 92.2 Å².